The Morgan fingerprint density at radius 3 is 2.61 bits per heavy atom. The lowest BCUT2D eigenvalue weighted by atomic mass is 10.00. The Kier molecular flexibility index (Phi) is 7.49. The predicted octanol–water partition coefficient (Wildman–Crippen LogP) is 6.97. The molecule has 0 unspecified atom stereocenters. The summed E-state index contributed by atoms with van der Waals surface area (Å²) in [6.45, 7) is 14.4. The van der Waals surface area contributed by atoms with Gasteiger partial charge in [-0.2, -0.15) is 0 Å². The van der Waals surface area contributed by atoms with Gasteiger partial charge in [-0.1, -0.05) is 50.1 Å². The Bertz CT molecular complexity index is 1580. The number of anilines is 1. The minimum Gasteiger partial charge on any atom is -0.497 e. The second kappa shape index (κ2) is 11.1. The van der Waals surface area contributed by atoms with Gasteiger partial charge in [0.05, 0.1) is 11.8 Å². The number of aromatic nitrogens is 1. The number of allylic oxidation sites excluding steroid dienone is 1. The average molecular weight is 524 g/mol. The van der Waals surface area contributed by atoms with Gasteiger partial charge < -0.3 is 10.1 Å². The Morgan fingerprint density at radius 1 is 1.08 bits per heavy atom. The lowest BCUT2D eigenvalue weighted by molar-refractivity contribution is 0.102. The van der Waals surface area contributed by atoms with Crippen molar-refractivity contribution in [3.05, 3.63) is 102 Å². The number of likely N-dealkylation sites (tertiary alicyclic amines) is 1. The van der Waals surface area contributed by atoms with Crippen LogP contribution in [0.2, 0.25) is 0 Å². The van der Waals surface area contributed by atoms with Crippen LogP contribution in [0.4, 0.5) is 5.82 Å². The fraction of sp³-hybridized carbons (Fsp3) is 0.194. The first-order valence-electron chi connectivity index (χ1n) is 12.6. The molecule has 7 heteroatoms. The predicted molar refractivity (Wildman–Crippen MR) is 156 cm³/mol. The van der Waals surface area contributed by atoms with Crippen molar-refractivity contribution in [2.75, 3.05) is 18.4 Å². The lowest BCUT2D eigenvalue weighted by Crippen LogP contribution is -2.19. The molecule has 2 aromatic heterocycles. The first-order chi connectivity index (χ1) is 18.5. The molecule has 1 aliphatic heterocycles. The Hall–Kier alpha value is -4.07. The van der Waals surface area contributed by atoms with E-state index >= 15 is 0 Å². The van der Waals surface area contributed by atoms with Crippen molar-refractivity contribution in [3.8, 4) is 0 Å². The topological polar surface area (TPSA) is 71.5 Å². The van der Waals surface area contributed by atoms with Gasteiger partial charge in [-0.3, -0.25) is 14.5 Å². The van der Waals surface area contributed by atoms with E-state index in [1.807, 2.05) is 30.3 Å². The molecule has 0 aliphatic carbocycles. The number of thiophene rings is 1. The van der Waals surface area contributed by atoms with Crippen LogP contribution in [0.15, 0.2) is 74.5 Å². The highest BCUT2D eigenvalue weighted by Crippen LogP contribution is 2.38. The summed E-state index contributed by atoms with van der Waals surface area (Å²) < 4.78 is 6.14. The fourth-order valence-electron chi connectivity index (χ4n) is 5.03. The van der Waals surface area contributed by atoms with Crippen molar-refractivity contribution in [1.29, 1.82) is 0 Å². The molecule has 6 nitrogen and oxygen atoms in total. The number of pyridine rings is 1. The first kappa shape index (κ1) is 25.6. The number of hydrogen-bond donors (Lipinski definition) is 1. The number of fused-ring (bicyclic) bond motifs is 2. The number of ether oxygens (including phenoxy) is 1. The van der Waals surface area contributed by atoms with Gasteiger partial charge in [-0.15, -0.1) is 11.3 Å². The molecule has 0 radical (unpaired) electrons. The number of rotatable bonds is 10. The Labute approximate surface area is 225 Å². The van der Waals surface area contributed by atoms with Gasteiger partial charge in [0.1, 0.15) is 17.3 Å². The Balaban J connectivity index is 1.56. The molecule has 4 aromatic rings. The van der Waals surface area contributed by atoms with Crippen molar-refractivity contribution >= 4 is 55.9 Å². The van der Waals surface area contributed by atoms with E-state index in [2.05, 4.69) is 36.0 Å². The van der Waals surface area contributed by atoms with Crippen molar-refractivity contribution in [3.63, 3.8) is 0 Å². The molecule has 0 spiro atoms. The van der Waals surface area contributed by atoms with E-state index in [1.54, 1.807) is 12.1 Å². The van der Waals surface area contributed by atoms with E-state index in [9.17, 15) is 9.59 Å². The summed E-state index contributed by atoms with van der Waals surface area (Å²) in [5.41, 5.74) is 3.95. The number of amides is 1. The smallest absolute Gasteiger partial charge is 0.267 e. The van der Waals surface area contributed by atoms with E-state index < -0.39 is 0 Å². The highest BCUT2D eigenvalue weighted by molar-refractivity contribution is 7.21. The maximum atomic E-state index is 13.7. The average Bonchev–Trinajstić information content (AvgIpc) is 3.59. The van der Waals surface area contributed by atoms with Crippen LogP contribution in [0.5, 0.6) is 0 Å². The molecule has 1 aliphatic rings. The summed E-state index contributed by atoms with van der Waals surface area (Å²) in [5, 5.41) is 4.88. The molecule has 1 saturated heterocycles. The number of ketones is 1. The number of nitrogens with zero attached hydrogens (tertiary/aromatic N) is 2. The van der Waals surface area contributed by atoms with E-state index in [0.29, 0.717) is 26.5 Å². The van der Waals surface area contributed by atoms with E-state index in [-0.39, 0.29) is 18.3 Å². The highest BCUT2D eigenvalue weighted by atomic mass is 32.1. The van der Waals surface area contributed by atoms with Crippen LogP contribution in [0.1, 0.15) is 49.6 Å². The van der Waals surface area contributed by atoms with Crippen molar-refractivity contribution in [2.24, 2.45) is 0 Å². The molecule has 3 heterocycles. The van der Waals surface area contributed by atoms with Crippen LogP contribution in [-0.2, 0) is 17.9 Å². The summed E-state index contributed by atoms with van der Waals surface area (Å²) in [6.07, 6.45) is 6.72. The summed E-state index contributed by atoms with van der Waals surface area (Å²) in [4.78, 5) is 33.9. The number of hydrogen-bond acceptors (Lipinski definition) is 6. The van der Waals surface area contributed by atoms with Gasteiger partial charge >= 0.3 is 0 Å². The standard InChI is InChI=1S/C31H29N3O3S/c1-4-22-28-20(19-37-6-3)13-14-24(26(35)5-2)29(28)38-30(22)31(36)33-27-17-21(18-34-15-9-10-16-34)23-11-7-8-12-25(23)32-27/h4-8,11-14,17H,1-3,9-10,15-16,18-19H2,(H,32,33,36). The van der Waals surface area contributed by atoms with Gasteiger partial charge in [0.15, 0.2) is 5.78 Å². The van der Waals surface area contributed by atoms with E-state index in [1.165, 1.54) is 36.5 Å². The van der Waals surface area contributed by atoms with Crippen molar-refractivity contribution in [1.82, 2.24) is 9.88 Å². The summed E-state index contributed by atoms with van der Waals surface area (Å²) in [6, 6.07) is 13.6. The first-order valence-corrected chi connectivity index (χ1v) is 13.4. The molecule has 38 heavy (non-hydrogen) atoms. The van der Waals surface area contributed by atoms with Gasteiger partial charge in [-0.25, -0.2) is 4.98 Å². The second-order valence-electron chi connectivity index (χ2n) is 9.19. The number of para-hydroxylation sites is 1. The third kappa shape index (κ3) is 4.90. The van der Waals surface area contributed by atoms with Crippen molar-refractivity contribution < 1.29 is 14.3 Å². The molecule has 1 fully saturated rings. The molecule has 192 valence electrons. The quantitative estimate of drug-likeness (QED) is 0.138. The normalized spacial score (nSPS) is 13.5. The molecule has 2 aromatic carbocycles. The molecule has 1 amide bonds. The zero-order valence-electron chi connectivity index (χ0n) is 21.2. The zero-order valence-corrected chi connectivity index (χ0v) is 22.0. The molecular formula is C31H29N3O3S. The largest absolute Gasteiger partial charge is 0.497 e. The minimum absolute atomic E-state index is 0.210. The minimum atomic E-state index is -0.302. The SMILES string of the molecule is C=COCc1ccc(C(=O)C=C)c2sc(C(=O)Nc3cc(CN4CCCC4)c4ccccc4n3)c(C=C)c12. The van der Waals surface area contributed by atoms with Crippen LogP contribution in [0.25, 0.3) is 27.1 Å². The summed E-state index contributed by atoms with van der Waals surface area (Å²) >= 11 is 1.26. The number of nitrogens with one attached hydrogen (secondary N) is 1. The van der Waals surface area contributed by atoms with E-state index in [4.69, 9.17) is 9.72 Å². The van der Waals surface area contributed by atoms with Crippen LogP contribution in [-0.4, -0.2) is 34.7 Å². The van der Waals surface area contributed by atoms with Crippen LogP contribution in [0.3, 0.4) is 0 Å². The third-order valence-corrected chi connectivity index (χ3v) is 8.05. The summed E-state index contributed by atoms with van der Waals surface area (Å²) in [5.74, 6) is -0.0191. The number of benzene rings is 2. The van der Waals surface area contributed by atoms with Gasteiger partial charge in [0.2, 0.25) is 0 Å². The number of carbonyl (C=O) groups excluding carboxylic acids is 2. The van der Waals surface area contributed by atoms with E-state index in [0.717, 1.165) is 47.1 Å². The Morgan fingerprint density at radius 2 is 1.87 bits per heavy atom. The monoisotopic (exact) mass is 523 g/mol. The summed E-state index contributed by atoms with van der Waals surface area (Å²) in [7, 11) is 0. The molecule has 5 rings (SSSR count). The van der Waals surface area contributed by atoms with Crippen LogP contribution < -0.4 is 5.32 Å². The zero-order chi connectivity index (χ0) is 26.6. The van der Waals surface area contributed by atoms with Gasteiger partial charge in [0, 0.05) is 33.1 Å². The number of carbonyl (C=O) groups is 2. The van der Waals surface area contributed by atoms with Gasteiger partial charge in [-0.05, 0) is 61.3 Å². The maximum Gasteiger partial charge on any atom is 0.267 e. The maximum absolute atomic E-state index is 13.7. The van der Waals surface area contributed by atoms with Crippen LogP contribution >= 0.6 is 11.3 Å². The molecule has 0 bridgehead atoms. The third-order valence-electron chi connectivity index (χ3n) is 6.82. The molecule has 0 saturated carbocycles. The molecule has 1 N–H and O–H groups in total. The molecule has 0 atom stereocenters. The fourth-order valence-corrected chi connectivity index (χ4v) is 6.29. The second-order valence-corrected chi connectivity index (χ2v) is 10.2. The lowest BCUT2D eigenvalue weighted by Gasteiger charge is -2.17. The van der Waals surface area contributed by atoms with Crippen LogP contribution in [0, 0.1) is 0 Å². The highest BCUT2D eigenvalue weighted by Gasteiger charge is 2.23. The van der Waals surface area contributed by atoms with Crippen molar-refractivity contribution in [2.45, 2.75) is 26.0 Å². The molecular weight excluding hydrogens is 494 g/mol. The van der Waals surface area contributed by atoms with Gasteiger partial charge in [0.25, 0.3) is 5.91 Å².